The molecule has 2 aromatic rings. The van der Waals surface area contributed by atoms with Crippen molar-refractivity contribution in [1.29, 1.82) is 0 Å². The van der Waals surface area contributed by atoms with Crippen LogP contribution in [0.4, 0.5) is 11.4 Å². The minimum atomic E-state index is -1.44. The van der Waals surface area contributed by atoms with Gasteiger partial charge < -0.3 is 65.7 Å². The van der Waals surface area contributed by atoms with Gasteiger partial charge in [-0.3, -0.25) is 76.9 Å². The molecule has 2 aromatic carbocycles. The highest BCUT2D eigenvalue weighted by molar-refractivity contribution is 6.06. The first-order valence-corrected chi connectivity index (χ1v) is 44.4. The second kappa shape index (κ2) is 45.9. The van der Waals surface area contributed by atoms with Crippen LogP contribution < -0.4 is 31.1 Å². The highest BCUT2D eigenvalue weighted by atomic mass is 16.6. The molecule has 3 aliphatic heterocycles. The molecule has 5 rings (SSSR count). The zero-order valence-corrected chi connectivity index (χ0v) is 78.2. The number of hydrogen-bond acceptors (Lipinski definition) is 20. The molecule has 7 N–H and O–H groups in total. The van der Waals surface area contributed by atoms with E-state index in [0.717, 1.165) is 11.4 Å². The Morgan fingerprint density at radius 2 is 0.789 bits per heavy atom. The van der Waals surface area contributed by atoms with Gasteiger partial charge in [-0.15, -0.1) is 0 Å². The number of nitrogens with one attached hydrogen (secondary N) is 4. The Morgan fingerprint density at radius 1 is 0.431 bits per heavy atom. The minimum Gasteiger partial charge on any atom is -0.481 e. The Hall–Kier alpha value is -8.86. The predicted molar refractivity (Wildman–Crippen MR) is 472 cm³/mol. The van der Waals surface area contributed by atoms with Gasteiger partial charge in [0.05, 0.1) is 77.6 Å². The van der Waals surface area contributed by atoms with Crippen molar-refractivity contribution in [2.75, 3.05) is 125 Å². The molecule has 0 aliphatic carbocycles. The number of rotatable bonds is 55. The highest BCUT2D eigenvalue weighted by Gasteiger charge is 2.55. The van der Waals surface area contributed by atoms with Gasteiger partial charge in [-0.25, -0.2) is 0 Å². The molecule has 0 aromatic heterocycles. The number of carbonyl (C=O) groups is 14. The second-order valence-corrected chi connectivity index (χ2v) is 40.4. The summed E-state index contributed by atoms with van der Waals surface area (Å²) in [6, 6.07) is 14.2. The van der Waals surface area contributed by atoms with Gasteiger partial charge in [-0.2, -0.15) is 0 Å². The zero-order valence-electron chi connectivity index (χ0n) is 78.2. The van der Waals surface area contributed by atoms with E-state index in [1.54, 1.807) is 65.8 Å². The van der Waals surface area contributed by atoms with Gasteiger partial charge in [-0.1, -0.05) is 103 Å². The molecule has 29 heteroatoms. The van der Waals surface area contributed by atoms with Gasteiger partial charge >= 0.3 is 35.8 Å². The molecule has 8 amide bonds. The maximum Gasteiger partial charge on any atom is 0.317 e. The summed E-state index contributed by atoms with van der Waals surface area (Å²) >= 11 is 0. The number of hydrogen-bond donors (Lipinski definition) is 7. The normalized spacial score (nSPS) is 19.5. The van der Waals surface area contributed by atoms with Crippen molar-refractivity contribution in [2.24, 2.45) is 104 Å². The molecule has 0 radical (unpaired) electrons. The van der Waals surface area contributed by atoms with Crippen molar-refractivity contribution in [1.82, 2.24) is 40.9 Å². The fraction of sp³-hybridized carbons (Fsp3) is 0.723. The van der Waals surface area contributed by atoms with Gasteiger partial charge in [-0.05, 0) is 238 Å². The number of esters is 3. The van der Waals surface area contributed by atoms with E-state index in [1.807, 2.05) is 163 Å². The summed E-state index contributed by atoms with van der Waals surface area (Å²) in [5.74, 6) is -21.7. The largest absolute Gasteiger partial charge is 0.481 e. The molecule has 3 saturated heterocycles. The number of imide groups is 2. The molecule has 0 spiro atoms. The number of likely N-dealkylation sites (tertiary alicyclic amines) is 2. The first-order valence-electron chi connectivity index (χ1n) is 44.4. The maximum absolute atomic E-state index is 15.2. The average Bonchev–Trinajstić information content (AvgIpc) is 1.55. The number of cyclic esters (lactones) is 2. The van der Waals surface area contributed by atoms with E-state index in [0.29, 0.717) is 49.9 Å². The lowest BCUT2D eigenvalue weighted by molar-refractivity contribution is -0.164. The fourth-order valence-corrected chi connectivity index (χ4v) is 18.5. The SMILES string of the molecule is CCOC(=O)C(C(CCC(C)(C)CC1C(=O)OC(=O)C1C)C(=O)O)C(C)(C)CCC(C(=O)O)C(C(=O)NCCCN(C)C)C(C)(C)CCC1C(=O)N(CCCN(C)C)C(=O)C1CC(C)(C)CCC1C(=O)N(CCCNC(=O)c2ccc(N(C)C)cc2)C(=O)C1CC(C)(C)CCC(C(=O)O)C(C(=O)NCCCNC(=O)c1ccc(N(C)C)cc1)C(C)(C)CC. The van der Waals surface area contributed by atoms with E-state index in [2.05, 4.69) is 21.3 Å². The molecule has 690 valence electrons. The van der Waals surface area contributed by atoms with Crippen LogP contribution in [0.1, 0.15) is 240 Å². The first kappa shape index (κ1) is 105. The Bertz CT molecular complexity index is 3960. The van der Waals surface area contributed by atoms with Crippen molar-refractivity contribution in [3.8, 4) is 0 Å². The van der Waals surface area contributed by atoms with Gasteiger partial charge in [0.15, 0.2) is 0 Å². The van der Waals surface area contributed by atoms with Crippen molar-refractivity contribution >= 4 is 94.4 Å². The lowest BCUT2D eigenvalue weighted by Crippen LogP contribution is -2.47. The standard InChI is InChI=1S/C94H150N10O19/c1-24-92(10,11)72(77(107)97-49-26-48-95-75(105)60-30-34-62(35-31-60)101(20)21)66(83(113)114)39-44-91(8,9)57-70-64(79(109)103(81(70)111)54-28-51-96-76(106)61-32-36-63(37-33-61)102(22)23)38-43-90(6,7)58-71-65(80(110)104(82(71)112)55-29-53-100(18)19)41-46-93(12,13)73(78(108)98-50-27-52-99(16)17)67(84(115)116)42-47-94(14,15)74(88(121)122-25-2)68(85(117)118)40-45-89(4,5)56-69-59(3)86(119)123-87(69)120/h30-37,59,64-74H,24-29,38-58H2,1-23H3,(H,95,105)(H,96,106)(H,97,107)(H,98,108)(H,113,114)(H,115,116)(H,117,118). The topological polar surface area (TPSA) is 386 Å². The van der Waals surface area contributed by atoms with Gasteiger partial charge in [0.2, 0.25) is 35.4 Å². The molecule has 3 aliphatic rings. The van der Waals surface area contributed by atoms with E-state index in [-0.39, 0.29) is 153 Å². The average molecular weight is 1720 g/mol. The number of carboxylic acid groups (broad SMARTS) is 3. The molecule has 3 heterocycles. The maximum atomic E-state index is 15.2. The molecule has 3 fully saturated rings. The fourth-order valence-electron chi connectivity index (χ4n) is 18.5. The van der Waals surface area contributed by atoms with Crippen LogP contribution >= 0.6 is 0 Å². The third-order valence-corrected chi connectivity index (χ3v) is 26.5. The Balaban J connectivity index is 1.46. The third kappa shape index (κ3) is 29.9. The molecular weight excluding hydrogens is 1570 g/mol. The van der Waals surface area contributed by atoms with E-state index in [9.17, 15) is 58.5 Å². The lowest BCUT2D eigenvalue weighted by Gasteiger charge is -2.41. The van der Waals surface area contributed by atoms with Gasteiger partial charge in [0, 0.05) is 90.0 Å². The van der Waals surface area contributed by atoms with Crippen LogP contribution in [0, 0.1) is 104 Å². The lowest BCUT2D eigenvalue weighted by atomic mass is 9.63. The van der Waals surface area contributed by atoms with E-state index in [1.165, 1.54) is 9.80 Å². The molecule has 123 heavy (non-hydrogen) atoms. The summed E-state index contributed by atoms with van der Waals surface area (Å²) in [6.45, 7) is 29.1. The van der Waals surface area contributed by atoms with Crippen LogP contribution in [0.3, 0.4) is 0 Å². The number of anilines is 2. The number of amides is 8. The van der Waals surface area contributed by atoms with Crippen LogP contribution in [0.25, 0.3) is 0 Å². The Labute approximate surface area is 731 Å². The summed E-state index contributed by atoms with van der Waals surface area (Å²) in [5.41, 5.74) is -2.84. The Morgan fingerprint density at radius 3 is 1.20 bits per heavy atom. The van der Waals surface area contributed by atoms with Crippen LogP contribution in [0.15, 0.2) is 48.5 Å². The quantitative estimate of drug-likeness (QED) is 0.0140. The molecule has 0 bridgehead atoms. The van der Waals surface area contributed by atoms with Gasteiger partial charge in [0.1, 0.15) is 0 Å². The summed E-state index contributed by atoms with van der Waals surface area (Å²) < 4.78 is 10.5. The molecule has 12 unspecified atom stereocenters. The third-order valence-electron chi connectivity index (χ3n) is 26.5. The zero-order chi connectivity index (χ0) is 92.8. The van der Waals surface area contributed by atoms with Crippen molar-refractivity contribution in [2.45, 2.75) is 219 Å². The van der Waals surface area contributed by atoms with E-state index >= 15 is 24.0 Å². The summed E-state index contributed by atoms with van der Waals surface area (Å²) in [6.07, 6.45) is 3.32. The van der Waals surface area contributed by atoms with Gasteiger partial charge in [0.25, 0.3) is 11.8 Å². The smallest absolute Gasteiger partial charge is 0.317 e. The predicted octanol–water partition coefficient (Wildman–Crippen LogP) is 11.6. The number of aliphatic carboxylic acids is 3. The monoisotopic (exact) mass is 1720 g/mol. The minimum absolute atomic E-state index is 0.0160. The highest BCUT2D eigenvalue weighted by Crippen LogP contribution is 2.51. The molecule has 29 nitrogen and oxygen atoms in total. The van der Waals surface area contributed by atoms with E-state index < -0.39 is 169 Å². The second-order valence-electron chi connectivity index (χ2n) is 40.4. The van der Waals surface area contributed by atoms with Crippen molar-refractivity contribution < 1.29 is 91.9 Å². The van der Waals surface area contributed by atoms with Crippen LogP contribution in [0.2, 0.25) is 0 Å². The van der Waals surface area contributed by atoms with Crippen LogP contribution in [-0.2, 0) is 67.0 Å². The van der Waals surface area contributed by atoms with E-state index in [4.69, 9.17) is 9.47 Å². The van der Waals surface area contributed by atoms with Crippen molar-refractivity contribution in [3.63, 3.8) is 0 Å². The summed E-state index contributed by atoms with van der Waals surface area (Å²) in [7, 11) is 15.1. The number of ether oxygens (including phenoxy) is 2. The Kier molecular flexibility index (Phi) is 39.0. The number of carboxylic acids is 3. The number of carbonyl (C=O) groups excluding carboxylic acids is 11. The summed E-state index contributed by atoms with van der Waals surface area (Å²) in [4.78, 5) is 208. The number of benzene rings is 2. The van der Waals surface area contributed by atoms with Crippen LogP contribution in [0.5, 0.6) is 0 Å². The first-order chi connectivity index (χ1) is 57.2. The number of nitrogens with zero attached hydrogens (tertiary/aromatic N) is 6. The van der Waals surface area contributed by atoms with Crippen LogP contribution in [-0.4, -0.2) is 233 Å². The molecular formula is C94H150N10O19. The molecule has 0 saturated carbocycles. The summed E-state index contributed by atoms with van der Waals surface area (Å²) in [5, 5.41) is 45.4. The van der Waals surface area contributed by atoms with Crippen molar-refractivity contribution in [3.05, 3.63) is 59.7 Å². The molecule has 12 atom stereocenters.